The first-order valence-electron chi connectivity index (χ1n) is 5.59. The maximum absolute atomic E-state index is 12.8. The number of oxime groups is 1. The molecule has 1 aromatic rings. The van der Waals surface area contributed by atoms with Crippen molar-refractivity contribution in [3.8, 4) is 0 Å². The topological polar surface area (TPSA) is 40.0 Å². The molecule has 1 atom stereocenters. The summed E-state index contributed by atoms with van der Waals surface area (Å²) in [5.74, 6) is 0. The van der Waals surface area contributed by atoms with Gasteiger partial charge in [-0.1, -0.05) is 35.5 Å². The van der Waals surface area contributed by atoms with Crippen LogP contribution in [-0.2, 0) is 14.3 Å². The zero-order valence-corrected chi connectivity index (χ0v) is 9.89. The molecule has 0 bridgehead atoms. The van der Waals surface area contributed by atoms with Crippen LogP contribution in [0.4, 0.5) is 13.2 Å². The van der Waals surface area contributed by atoms with E-state index >= 15 is 0 Å². The normalized spacial score (nSPS) is 20.6. The Morgan fingerprint density at radius 2 is 2.05 bits per heavy atom. The van der Waals surface area contributed by atoms with Crippen molar-refractivity contribution < 1.29 is 27.5 Å². The van der Waals surface area contributed by atoms with Crippen molar-refractivity contribution in [1.29, 1.82) is 0 Å². The standard InChI is InChI=1S/C12H12F3NO3/c13-12(14,15)11(9-4-2-1-3-5-9)16-19-7-10-6-17-8-18-10/h1-5,10H,6-8H2. The van der Waals surface area contributed by atoms with Gasteiger partial charge in [-0.2, -0.15) is 13.2 Å². The van der Waals surface area contributed by atoms with Gasteiger partial charge in [0.15, 0.2) is 5.71 Å². The Balaban J connectivity index is 2.05. The first kappa shape index (κ1) is 13.8. The Hall–Kier alpha value is -1.60. The maximum Gasteiger partial charge on any atom is 0.437 e. The SMILES string of the molecule is FC(F)(F)C(=NOCC1COCO1)c1ccccc1. The van der Waals surface area contributed by atoms with Gasteiger partial charge in [-0.3, -0.25) is 0 Å². The van der Waals surface area contributed by atoms with E-state index in [1.807, 2.05) is 0 Å². The monoisotopic (exact) mass is 275 g/mol. The molecule has 4 nitrogen and oxygen atoms in total. The Bertz CT molecular complexity index is 428. The molecule has 1 unspecified atom stereocenters. The molecular formula is C12H12F3NO3. The fourth-order valence-corrected chi connectivity index (χ4v) is 1.52. The number of alkyl halides is 3. The molecule has 1 aliphatic heterocycles. The van der Waals surface area contributed by atoms with Crippen molar-refractivity contribution in [2.45, 2.75) is 12.3 Å². The predicted molar refractivity (Wildman–Crippen MR) is 60.7 cm³/mol. The van der Waals surface area contributed by atoms with Crippen molar-refractivity contribution in [3.63, 3.8) is 0 Å². The van der Waals surface area contributed by atoms with Gasteiger partial charge in [0.2, 0.25) is 0 Å². The van der Waals surface area contributed by atoms with Crippen molar-refractivity contribution in [3.05, 3.63) is 35.9 Å². The van der Waals surface area contributed by atoms with Crippen molar-refractivity contribution in [2.75, 3.05) is 20.0 Å². The smallest absolute Gasteiger partial charge is 0.392 e. The van der Waals surface area contributed by atoms with Crippen LogP contribution in [0.5, 0.6) is 0 Å². The lowest BCUT2D eigenvalue weighted by atomic mass is 10.1. The molecule has 104 valence electrons. The molecule has 1 heterocycles. The Labute approximate surface area is 107 Å². The fourth-order valence-electron chi connectivity index (χ4n) is 1.52. The van der Waals surface area contributed by atoms with Gasteiger partial charge in [0.25, 0.3) is 0 Å². The molecule has 0 aliphatic carbocycles. The number of rotatable bonds is 4. The van der Waals surface area contributed by atoms with E-state index in [0.29, 0.717) is 6.61 Å². The lowest BCUT2D eigenvalue weighted by molar-refractivity contribution is -0.0631. The number of hydrogen-bond donors (Lipinski definition) is 0. The fraction of sp³-hybridized carbons (Fsp3) is 0.417. The highest BCUT2D eigenvalue weighted by molar-refractivity contribution is 6.04. The minimum absolute atomic E-state index is 0.0430. The molecule has 0 N–H and O–H groups in total. The van der Waals surface area contributed by atoms with Gasteiger partial charge in [-0.25, -0.2) is 0 Å². The summed E-state index contributed by atoms with van der Waals surface area (Å²) in [7, 11) is 0. The third-order valence-corrected chi connectivity index (χ3v) is 2.42. The second-order valence-corrected chi connectivity index (χ2v) is 3.88. The molecule has 0 saturated carbocycles. The molecule has 2 rings (SSSR count). The van der Waals surface area contributed by atoms with Crippen molar-refractivity contribution in [1.82, 2.24) is 0 Å². The molecule has 19 heavy (non-hydrogen) atoms. The van der Waals surface area contributed by atoms with E-state index in [4.69, 9.17) is 14.3 Å². The van der Waals surface area contributed by atoms with Gasteiger partial charge in [0.05, 0.1) is 6.61 Å². The van der Waals surface area contributed by atoms with Gasteiger partial charge in [-0.15, -0.1) is 0 Å². The summed E-state index contributed by atoms with van der Waals surface area (Å²) in [6, 6.07) is 7.28. The van der Waals surface area contributed by atoms with Crippen LogP contribution in [0.25, 0.3) is 0 Å². The van der Waals surface area contributed by atoms with Crippen LogP contribution >= 0.6 is 0 Å². The first-order chi connectivity index (χ1) is 9.07. The lowest BCUT2D eigenvalue weighted by Gasteiger charge is -2.11. The number of nitrogens with zero attached hydrogens (tertiary/aromatic N) is 1. The zero-order chi connectivity index (χ0) is 13.7. The van der Waals surface area contributed by atoms with E-state index in [2.05, 4.69) is 5.16 Å². The van der Waals surface area contributed by atoms with Gasteiger partial charge >= 0.3 is 6.18 Å². The minimum atomic E-state index is -4.58. The van der Waals surface area contributed by atoms with Gasteiger partial charge in [0.1, 0.15) is 19.5 Å². The average molecular weight is 275 g/mol. The average Bonchev–Trinajstić information content (AvgIpc) is 2.87. The van der Waals surface area contributed by atoms with Gasteiger partial charge < -0.3 is 14.3 Å². The Morgan fingerprint density at radius 1 is 1.32 bits per heavy atom. The summed E-state index contributed by atoms with van der Waals surface area (Å²) in [6.45, 7) is 0.344. The molecule has 7 heteroatoms. The maximum atomic E-state index is 12.8. The summed E-state index contributed by atoms with van der Waals surface area (Å²) in [5, 5.41) is 3.18. The van der Waals surface area contributed by atoms with E-state index in [0.717, 1.165) is 0 Å². The summed E-state index contributed by atoms with van der Waals surface area (Å²) >= 11 is 0. The van der Waals surface area contributed by atoms with E-state index < -0.39 is 11.9 Å². The second-order valence-electron chi connectivity index (χ2n) is 3.88. The molecule has 1 aliphatic rings. The number of ether oxygens (including phenoxy) is 2. The zero-order valence-electron chi connectivity index (χ0n) is 9.89. The molecule has 0 aromatic heterocycles. The quantitative estimate of drug-likeness (QED) is 0.625. The third kappa shape index (κ3) is 3.93. The van der Waals surface area contributed by atoms with Crippen LogP contribution in [0, 0.1) is 0 Å². The molecule has 1 fully saturated rings. The van der Waals surface area contributed by atoms with Crippen LogP contribution in [-0.4, -0.2) is 38.0 Å². The molecule has 0 radical (unpaired) electrons. The predicted octanol–water partition coefficient (Wildman–Crippen LogP) is 2.34. The van der Waals surface area contributed by atoms with Gasteiger partial charge in [-0.05, 0) is 0 Å². The summed E-state index contributed by atoms with van der Waals surface area (Å²) in [4.78, 5) is 4.72. The first-order valence-corrected chi connectivity index (χ1v) is 5.59. The number of hydrogen-bond acceptors (Lipinski definition) is 4. The number of benzene rings is 1. The highest BCUT2D eigenvalue weighted by Gasteiger charge is 2.37. The molecule has 0 amide bonds. The molecular weight excluding hydrogens is 263 g/mol. The summed E-state index contributed by atoms with van der Waals surface area (Å²) in [5.41, 5.74) is -1.11. The van der Waals surface area contributed by atoms with E-state index in [1.54, 1.807) is 6.07 Å². The molecule has 0 spiro atoms. The van der Waals surface area contributed by atoms with E-state index in [1.165, 1.54) is 24.3 Å². The minimum Gasteiger partial charge on any atom is -0.392 e. The van der Waals surface area contributed by atoms with E-state index in [9.17, 15) is 13.2 Å². The Morgan fingerprint density at radius 3 is 2.63 bits per heavy atom. The summed E-state index contributed by atoms with van der Waals surface area (Å²) in [6.07, 6.45) is -4.96. The van der Waals surface area contributed by atoms with Crippen molar-refractivity contribution in [2.24, 2.45) is 5.16 Å². The number of halogens is 3. The van der Waals surface area contributed by atoms with Crippen LogP contribution in [0.15, 0.2) is 35.5 Å². The lowest BCUT2D eigenvalue weighted by Crippen LogP contribution is -2.25. The van der Waals surface area contributed by atoms with Crippen molar-refractivity contribution >= 4 is 5.71 Å². The third-order valence-electron chi connectivity index (χ3n) is 2.42. The largest absolute Gasteiger partial charge is 0.437 e. The Kier molecular flexibility index (Phi) is 4.39. The van der Waals surface area contributed by atoms with Crippen LogP contribution in [0.2, 0.25) is 0 Å². The highest BCUT2D eigenvalue weighted by Crippen LogP contribution is 2.22. The van der Waals surface area contributed by atoms with Crippen LogP contribution < -0.4 is 0 Å². The molecule has 1 saturated heterocycles. The van der Waals surface area contributed by atoms with Crippen LogP contribution in [0.1, 0.15) is 5.56 Å². The molecule has 1 aromatic carbocycles. The summed E-state index contributed by atoms with van der Waals surface area (Å²) < 4.78 is 48.4. The van der Waals surface area contributed by atoms with Crippen LogP contribution in [0.3, 0.4) is 0 Å². The highest BCUT2D eigenvalue weighted by atomic mass is 19.4. The van der Waals surface area contributed by atoms with E-state index in [-0.39, 0.29) is 25.1 Å². The second kappa shape index (κ2) is 6.03. The van der Waals surface area contributed by atoms with Gasteiger partial charge in [0, 0.05) is 5.56 Å².